The molecule has 20 heavy (non-hydrogen) atoms. The highest BCUT2D eigenvalue weighted by Gasteiger charge is 2.48. The summed E-state index contributed by atoms with van der Waals surface area (Å²) in [5.74, 6) is 0. The van der Waals surface area contributed by atoms with Crippen LogP contribution in [0.2, 0.25) is 0 Å². The van der Waals surface area contributed by atoms with Crippen LogP contribution in [0.5, 0.6) is 0 Å². The smallest absolute Gasteiger partial charge is 0.184 e. The average Bonchev–Trinajstić information content (AvgIpc) is 2.45. The molecule has 1 fully saturated rings. The minimum atomic E-state index is -2.04. The van der Waals surface area contributed by atoms with Gasteiger partial charge in [0, 0.05) is 0 Å². The second-order valence-corrected chi connectivity index (χ2v) is 4.68. The molecule has 9 atom stereocenters. The average molecular weight is 300 g/mol. The summed E-state index contributed by atoms with van der Waals surface area (Å²) in [5.41, 5.74) is 0. The summed E-state index contributed by atoms with van der Waals surface area (Å²) in [4.78, 5) is 0. The zero-order valence-corrected chi connectivity index (χ0v) is 10.3. The highest BCUT2D eigenvalue weighted by Crippen LogP contribution is 2.24. The number of rotatable bonds is 5. The summed E-state index contributed by atoms with van der Waals surface area (Å²) in [7, 11) is 0. The number of hydrogen-bond donors (Lipinski definition) is 9. The Morgan fingerprint density at radius 2 is 1.35 bits per heavy atom. The molecule has 1 aliphatic rings. The Kier molecular flexibility index (Phi) is 6.22. The molecule has 0 saturated carbocycles. The van der Waals surface area contributed by atoms with Crippen molar-refractivity contribution < 1.29 is 50.7 Å². The Bertz CT molecular complexity index is 302. The van der Waals surface area contributed by atoms with Gasteiger partial charge in [-0.2, -0.15) is 0 Å². The van der Waals surface area contributed by atoms with Gasteiger partial charge in [0.15, 0.2) is 6.29 Å². The van der Waals surface area contributed by atoms with Crippen LogP contribution in [-0.4, -0.2) is 108 Å². The first-order valence-corrected chi connectivity index (χ1v) is 5.93. The van der Waals surface area contributed by atoms with Gasteiger partial charge in [0.1, 0.15) is 48.8 Å². The molecule has 1 heterocycles. The first-order chi connectivity index (χ1) is 9.22. The van der Waals surface area contributed by atoms with Crippen LogP contribution in [0.1, 0.15) is 0 Å². The molecule has 1 saturated heterocycles. The van der Waals surface area contributed by atoms with Crippen LogP contribution >= 0.6 is 0 Å². The summed E-state index contributed by atoms with van der Waals surface area (Å²) in [6.07, 6.45) is -16.9. The molecule has 0 aromatic carbocycles. The molecule has 0 aliphatic carbocycles. The summed E-state index contributed by atoms with van der Waals surface area (Å²) >= 11 is 0. The van der Waals surface area contributed by atoms with E-state index in [1.165, 1.54) is 0 Å². The molecule has 1 unspecified atom stereocenters. The van der Waals surface area contributed by atoms with Crippen LogP contribution in [0, 0.1) is 0 Å². The van der Waals surface area contributed by atoms with Crippen molar-refractivity contribution in [2.24, 2.45) is 0 Å². The van der Waals surface area contributed by atoms with E-state index >= 15 is 0 Å². The van der Waals surface area contributed by atoms with Crippen LogP contribution < -0.4 is 0 Å². The lowest BCUT2D eigenvalue weighted by molar-refractivity contribution is -0.306. The molecule has 10 nitrogen and oxygen atoms in total. The predicted molar refractivity (Wildman–Crippen MR) is 60.0 cm³/mol. The summed E-state index contributed by atoms with van der Waals surface area (Å²) in [6, 6.07) is 0. The topological polar surface area (TPSA) is 191 Å². The minimum absolute atomic E-state index is 0.886. The highest BCUT2D eigenvalue weighted by molar-refractivity contribution is 4.96. The van der Waals surface area contributed by atoms with E-state index in [0.29, 0.717) is 0 Å². The Morgan fingerprint density at radius 3 is 1.85 bits per heavy atom. The molecular formula is C10H20O10. The minimum Gasteiger partial charge on any atom is -0.394 e. The molecule has 0 amide bonds. The van der Waals surface area contributed by atoms with Gasteiger partial charge in [0.25, 0.3) is 0 Å². The van der Waals surface area contributed by atoms with Crippen LogP contribution in [0.15, 0.2) is 0 Å². The van der Waals surface area contributed by atoms with Gasteiger partial charge in [0.2, 0.25) is 0 Å². The third kappa shape index (κ3) is 3.43. The third-order valence-corrected chi connectivity index (χ3v) is 3.24. The molecule has 1 aliphatic heterocycles. The molecule has 9 N–H and O–H groups in total. The van der Waals surface area contributed by atoms with Crippen LogP contribution in [0.25, 0.3) is 0 Å². The van der Waals surface area contributed by atoms with Crippen LogP contribution in [-0.2, 0) is 4.74 Å². The largest absolute Gasteiger partial charge is 0.394 e. The molecule has 10 heteroatoms. The van der Waals surface area contributed by atoms with Gasteiger partial charge < -0.3 is 50.7 Å². The van der Waals surface area contributed by atoms with E-state index in [-0.39, 0.29) is 0 Å². The zero-order valence-electron chi connectivity index (χ0n) is 10.3. The van der Waals surface area contributed by atoms with Crippen molar-refractivity contribution in [3.8, 4) is 0 Å². The van der Waals surface area contributed by atoms with Crippen LogP contribution in [0.4, 0.5) is 0 Å². The fourth-order valence-electron chi connectivity index (χ4n) is 1.90. The Hall–Kier alpha value is -0.400. The lowest BCUT2D eigenvalue weighted by Gasteiger charge is -2.41. The van der Waals surface area contributed by atoms with Gasteiger partial charge in [-0.15, -0.1) is 0 Å². The first-order valence-electron chi connectivity index (χ1n) is 5.93. The Morgan fingerprint density at radius 1 is 0.800 bits per heavy atom. The monoisotopic (exact) mass is 300 g/mol. The molecule has 120 valence electrons. The maximum Gasteiger partial charge on any atom is 0.184 e. The van der Waals surface area contributed by atoms with E-state index in [9.17, 15) is 35.7 Å². The quantitative estimate of drug-likeness (QED) is 0.236. The lowest BCUT2D eigenvalue weighted by atomic mass is 9.90. The fourth-order valence-corrected chi connectivity index (χ4v) is 1.90. The molecule has 0 aromatic heterocycles. The van der Waals surface area contributed by atoms with E-state index in [0.717, 1.165) is 0 Å². The van der Waals surface area contributed by atoms with E-state index in [1.807, 2.05) is 0 Å². The summed E-state index contributed by atoms with van der Waals surface area (Å²) in [5, 5.41) is 84.1. The van der Waals surface area contributed by atoms with E-state index in [2.05, 4.69) is 4.74 Å². The molecule has 0 aromatic rings. The molecule has 0 radical (unpaired) electrons. The molecule has 1 rings (SSSR count). The number of hydrogen-bond acceptors (Lipinski definition) is 10. The van der Waals surface area contributed by atoms with Gasteiger partial charge in [-0.1, -0.05) is 0 Å². The van der Waals surface area contributed by atoms with Crippen molar-refractivity contribution in [3.63, 3.8) is 0 Å². The second-order valence-electron chi connectivity index (χ2n) is 4.68. The van der Waals surface area contributed by atoms with Crippen molar-refractivity contribution in [2.75, 3.05) is 6.61 Å². The van der Waals surface area contributed by atoms with Gasteiger partial charge in [-0.05, 0) is 0 Å². The van der Waals surface area contributed by atoms with Crippen LogP contribution in [0.3, 0.4) is 0 Å². The van der Waals surface area contributed by atoms with E-state index < -0.39 is 61.7 Å². The molecule has 0 bridgehead atoms. The standard InChI is InChI=1S/C10H20O10/c11-1-2(12)3(13)4(14)6(16)9-7(17)5(15)8(18)10(19)20-9/h2-19H,1H2/t2-,3-,4+,5+,6+,7+,8-,9-,10?/m1/s1. The SMILES string of the molecule is OC[C@@H](O)[C@@H](O)[C@H](O)[C@H](O)[C@H]1OC(O)[C@H](O)[C@@H](O)[C@@H]1O. The Labute approximate surface area is 113 Å². The van der Waals surface area contributed by atoms with Gasteiger partial charge in [0.05, 0.1) is 6.61 Å². The van der Waals surface area contributed by atoms with Gasteiger partial charge in [-0.25, -0.2) is 0 Å². The first kappa shape index (κ1) is 17.7. The number of aliphatic hydroxyl groups excluding tert-OH is 9. The maximum absolute atomic E-state index is 9.76. The Balaban J connectivity index is 2.77. The fraction of sp³-hybridized carbons (Fsp3) is 1.00. The van der Waals surface area contributed by atoms with Gasteiger partial charge in [-0.3, -0.25) is 0 Å². The van der Waals surface area contributed by atoms with Gasteiger partial charge >= 0.3 is 0 Å². The second kappa shape index (κ2) is 7.04. The van der Waals surface area contributed by atoms with Crippen molar-refractivity contribution >= 4 is 0 Å². The third-order valence-electron chi connectivity index (χ3n) is 3.24. The maximum atomic E-state index is 9.76. The van der Waals surface area contributed by atoms with Crippen molar-refractivity contribution in [1.82, 2.24) is 0 Å². The lowest BCUT2D eigenvalue weighted by Crippen LogP contribution is -2.63. The normalized spacial score (nSPS) is 41.0. The summed E-state index contributed by atoms with van der Waals surface area (Å²) in [6.45, 7) is -0.886. The van der Waals surface area contributed by atoms with E-state index in [4.69, 9.17) is 10.2 Å². The highest BCUT2D eigenvalue weighted by atomic mass is 16.6. The van der Waals surface area contributed by atoms with Crippen molar-refractivity contribution in [1.29, 1.82) is 0 Å². The summed E-state index contributed by atoms with van der Waals surface area (Å²) < 4.78 is 4.66. The number of aliphatic hydroxyl groups is 9. The number of ether oxygens (including phenoxy) is 1. The zero-order chi connectivity index (χ0) is 15.6. The van der Waals surface area contributed by atoms with Crippen molar-refractivity contribution in [2.45, 2.75) is 55.1 Å². The molecular weight excluding hydrogens is 280 g/mol. The van der Waals surface area contributed by atoms with E-state index in [1.54, 1.807) is 0 Å². The predicted octanol–water partition coefficient (Wildman–Crippen LogP) is -5.78. The van der Waals surface area contributed by atoms with Crippen molar-refractivity contribution in [3.05, 3.63) is 0 Å². The molecule has 0 spiro atoms.